The number of halogens is 1. The van der Waals surface area contributed by atoms with Crippen molar-refractivity contribution in [3.05, 3.63) is 58.6 Å². The van der Waals surface area contributed by atoms with Gasteiger partial charge in [-0.1, -0.05) is 29.8 Å². The predicted octanol–water partition coefficient (Wildman–Crippen LogP) is 4.94. The number of amides is 1. The standard InChI is InChI=1S/C21H21ClN2O3/c1-4-26-19-12-15(18(22)13-20(19)27-5-2)11-17-14(3)23-24(21(17)25)16-9-7-6-8-10-16/h6-13H,4-5H2,1-3H3. The normalized spacial score (nSPS) is 15.3. The number of para-hydroxylation sites is 1. The summed E-state index contributed by atoms with van der Waals surface area (Å²) in [5.41, 5.74) is 2.52. The molecule has 2 aromatic carbocycles. The van der Waals surface area contributed by atoms with Gasteiger partial charge in [-0.15, -0.1) is 0 Å². The Kier molecular flexibility index (Phi) is 5.81. The monoisotopic (exact) mass is 384 g/mol. The van der Waals surface area contributed by atoms with Crippen LogP contribution in [0.25, 0.3) is 6.08 Å². The van der Waals surface area contributed by atoms with Crippen molar-refractivity contribution in [2.75, 3.05) is 18.2 Å². The molecule has 0 saturated heterocycles. The summed E-state index contributed by atoms with van der Waals surface area (Å²) in [7, 11) is 0. The number of anilines is 1. The Hall–Kier alpha value is -2.79. The molecule has 0 bridgehead atoms. The Morgan fingerprint density at radius 1 is 1.07 bits per heavy atom. The lowest BCUT2D eigenvalue weighted by Crippen LogP contribution is -2.21. The first-order valence-corrected chi connectivity index (χ1v) is 9.18. The molecular weight excluding hydrogens is 364 g/mol. The van der Waals surface area contributed by atoms with Crippen LogP contribution in [0.5, 0.6) is 11.5 Å². The van der Waals surface area contributed by atoms with Gasteiger partial charge in [0, 0.05) is 6.07 Å². The maximum absolute atomic E-state index is 12.9. The number of hydrogen-bond acceptors (Lipinski definition) is 4. The first-order chi connectivity index (χ1) is 13.0. The molecule has 0 N–H and O–H groups in total. The molecule has 27 heavy (non-hydrogen) atoms. The maximum Gasteiger partial charge on any atom is 0.280 e. The van der Waals surface area contributed by atoms with Gasteiger partial charge in [-0.25, -0.2) is 0 Å². The third-order valence-corrected chi connectivity index (χ3v) is 4.35. The molecule has 0 aromatic heterocycles. The highest BCUT2D eigenvalue weighted by molar-refractivity contribution is 6.35. The smallest absolute Gasteiger partial charge is 0.280 e. The van der Waals surface area contributed by atoms with Crippen LogP contribution in [0.2, 0.25) is 5.02 Å². The summed E-state index contributed by atoms with van der Waals surface area (Å²) in [6.07, 6.45) is 1.74. The molecule has 1 aliphatic heterocycles. The van der Waals surface area contributed by atoms with Gasteiger partial charge < -0.3 is 9.47 Å². The molecule has 0 radical (unpaired) electrons. The van der Waals surface area contributed by atoms with Crippen molar-refractivity contribution in [2.45, 2.75) is 20.8 Å². The van der Waals surface area contributed by atoms with Crippen molar-refractivity contribution in [1.29, 1.82) is 0 Å². The van der Waals surface area contributed by atoms with Crippen molar-refractivity contribution in [1.82, 2.24) is 0 Å². The van der Waals surface area contributed by atoms with E-state index in [1.165, 1.54) is 5.01 Å². The number of ether oxygens (including phenoxy) is 2. The molecule has 6 heteroatoms. The molecule has 140 valence electrons. The van der Waals surface area contributed by atoms with E-state index in [2.05, 4.69) is 5.10 Å². The van der Waals surface area contributed by atoms with E-state index >= 15 is 0 Å². The first-order valence-electron chi connectivity index (χ1n) is 8.81. The summed E-state index contributed by atoms with van der Waals surface area (Å²) < 4.78 is 11.2. The maximum atomic E-state index is 12.9. The van der Waals surface area contributed by atoms with Gasteiger partial charge in [0.25, 0.3) is 5.91 Å². The Morgan fingerprint density at radius 3 is 2.33 bits per heavy atom. The molecule has 1 heterocycles. The Morgan fingerprint density at radius 2 is 1.70 bits per heavy atom. The molecular formula is C21H21ClN2O3. The zero-order valence-electron chi connectivity index (χ0n) is 15.5. The van der Waals surface area contributed by atoms with Gasteiger partial charge in [0.05, 0.1) is 35.2 Å². The lowest BCUT2D eigenvalue weighted by Gasteiger charge is -2.13. The Bertz CT molecular complexity index is 907. The van der Waals surface area contributed by atoms with Gasteiger partial charge in [-0.05, 0) is 50.6 Å². The summed E-state index contributed by atoms with van der Waals surface area (Å²) in [6.45, 7) is 6.61. The SMILES string of the molecule is CCOc1cc(Cl)c(C=C2C(=O)N(c3ccccc3)N=C2C)cc1OCC. The van der Waals surface area contributed by atoms with E-state index in [1.54, 1.807) is 25.1 Å². The molecule has 1 amide bonds. The van der Waals surface area contributed by atoms with Gasteiger partial charge in [-0.3, -0.25) is 4.79 Å². The third kappa shape index (κ3) is 3.98. The number of rotatable bonds is 6. The molecule has 5 nitrogen and oxygen atoms in total. The van der Waals surface area contributed by atoms with Gasteiger partial charge >= 0.3 is 0 Å². The van der Waals surface area contributed by atoms with Crippen molar-refractivity contribution in [3.8, 4) is 11.5 Å². The summed E-state index contributed by atoms with van der Waals surface area (Å²) in [6, 6.07) is 12.8. The molecule has 0 aliphatic carbocycles. The minimum atomic E-state index is -0.193. The van der Waals surface area contributed by atoms with Gasteiger partial charge in [0.15, 0.2) is 11.5 Å². The van der Waals surface area contributed by atoms with Crippen LogP contribution in [-0.2, 0) is 4.79 Å². The fourth-order valence-electron chi connectivity index (χ4n) is 2.78. The number of hydrazone groups is 1. The van der Waals surface area contributed by atoms with Crippen molar-refractivity contribution >= 4 is 35.0 Å². The van der Waals surface area contributed by atoms with Gasteiger partial charge in [0.1, 0.15) is 0 Å². The molecule has 0 fully saturated rings. The third-order valence-electron chi connectivity index (χ3n) is 4.03. The molecule has 0 atom stereocenters. The van der Waals surface area contributed by atoms with Crippen LogP contribution in [0.15, 0.2) is 53.1 Å². The van der Waals surface area contributed by atoms with Crippen molar-refractivity contribution < 1.29 is 14.3 Å². The van der Waals surface area contributed by atoms with E-state index in [1.807, 2.05) is 44.2 Å². The molecule has 1 aliphatic rings. The number of hydrogen-bond donors (Lipinski definition) is 0. The van der Waals surface area contributed by atoms with E-state index in [-0.39, 0.29) is 5.91 Å². The molecule has 0 spiro atoms. The summed E-state index contributed by atoms with van der Waals surface area (Å²) >= 11 is 6.42. The summed E-state index contributed by atoms with van der Waals surface area (Å²) in [4.78, 5) is 12.9. The minimum Gasteiger partial charge on any atom is -0.490 e. The van der Waals surface area contributed by atoms with E-state index in [0.29, 0.717) is 46.6 Å². The summed E-state index contributed by atoms with van der Waals surface area (Å²) in [5.74, 6) is 0.984. The van der Waals surface area contributed by atoms with Crippen LogP contribution in [-0.4, -0.2) is 24.8 Å². The highest BCUT2D eigenvalue weighted by Gasteiger charge is 2.29. The highest BCUT2D eigenvalue weighted by Crippen LogP contribution is 2.35. The number of carbonyl (C=O) groups is 1. The predicted molar refractivity (Wildman–Crippen MR) is 109 cm³/mol. The van der Waals surface area contributed by atoms with E-state index in [9.17, 15) is 4.79 Å². The first kappa shape index (κ1) is 19.0. The second-order valence-electron chi connectivity index (χ2n) is 5.88. The highest BCUT2D eigenvalue weighted by atomic mass is 35.5. The van der Waals surface area contributed by atoms with Crippen LogP contribution in [0, 0.1) is 0 Å². The fourth-order valence-corrected chi connectivity index (χ4v) is 2.99. The number of nitrogens with zero attached hydrogens (tertiary/aromatic N) is 2. The Balaban J connectivity index is 1.98. The number of benzene rings is 2. The molecule has 0 unspecified atom stereocenters. The van der Waals surface area contributed by atoms with Gasteiger partial charge in [0.2, 0.25) is 0 Å². The largest absolute Gasteiger partial charge is 0.490 e. The molecule has 3 rings (SSSR count). The quantitative estimate of drug-likeness (QED) is 0.662. The van der Waals surface area contributed by atoms with Gasteiger partial charge in [-0.2, -0.15) is 10.1 Å². The lowest BCUT2D eigenvalue weighted by molar-refractivity contribution is -0.114. The van der Waals surface area contributed by atoms with E-state index in [4.69, 9.17) is 21.1 Å². The van der Waals surface area contributed by atoms with E-state index in [0.717, 1.165) is 5.69 Å². The molecule has 0 saturated carbocycles. The molecule has 2 aromatic rings. The van der Waals surface area contributed by atoms with Crippen LogP contribution < -0.4 is 14.5 Å². The van der Waals surface area contributed by atoms with E-state index < -0.39 is 0 Å². The zero-order valence-corrected chi connectivity index (χ0v) is 16.3. The number of carbonyl (C=O) groups excluding carboxylic acids is 1. The topological polar surface area (TPSA) is 51.1 Å². The average molecular weight is 385 g/mol. The summed E-state index contributed by atoms with van der Waals surface area (Å²) in [5, 5.41) is 6.26. The average Bonchev–Trinajstić information content (AvgIpc) is 2.94. The Labute approximate surface area is 163 Å². The van der Waals surface area contributed by atoms with Crippen LogP contribution in [0.3, 0.4) is 0 Å². The van der Waals surface area contributed by atoms with Crippen LogP contribution in [0.1, 0.15) is 26.3 Å². The van der Waals surface area contributed by atoms with Crippen molar-refractivity contribution in [2.24, 2.45) is 5.10 Å². The fraction of sp³-hybridized carbons (Fsp3) is 0.238. The minimum absolute atomic E-state index is 0.193. The van der Waals surface area contributed by atoms with Crippen LogP contribution >= 0.6 is 11.6 Å². The lowest BCUT2D eigenvalue weighted by atomic mass is 10.1. The second kappa shape index (κ2) is 8.27. The zero-order chi connectivity index (χ0) is 19.4. The van der Waals surface area contributed by atoms with Crippen molar-refractivity contribution in [3.63, 3.8) is 0 Å². The second-order valence-corrected chi connectivity index (χ2v) is 6.29. The van der Waals surface area contributed by atoms with Crippen LogP contribution in [0.4, 0.5) is 5.69 Å².